The summed E-state index contributed by atoms with van der Waals surface area (Å²) < 4.78 is 0. The van der Waals surface area contributed by atoms with E-state index < -0.39 is 17.8 Å². The third-order valence-electron chi connectivity index (χ3n) is 5.06. The van der Waals surface area contributed by atoms with Crippen LogP contribution in [0.3, 0.4) is 0 Å². The topological polar surface area (TPSA) is 66.4 Å². The number of rotatable bonds is 4. The van der Waals surface area contributed by atoms with E-state index in [0.29, 0.717) is 18.8 Å². The van der Waals surface area contributed by atoms with Gasteiger partial charge in [0.25, 0.3) is 0 Å². The van der Waals surface area contributed by atoms with E-state index in [-0.39, 0.29) is 11.9 Å². The molecule has 1 saturated carbocycles. The number of carbonyl (C=O) groups is 2. The number of hydrogen-bond acceptors (Lipinski definition) is 2. The minimum atomic E-state index is -0.860. The van der Waals surface area contributed by atoms with Crippen molar-refractivity contribution in [1.82, 2.24) is 5.32 Å². The Kier molecular flexibility index (Phi) is 5.83. The molecule has 0 spiro atoms. The highest BCUT2D eigenvalue weighted by molar-refractivity contribution is 5.85. The van der Waals surface area contributed by atoms with Crippen molar-refractivity contribution in [3.63, 3.8) is 0 Å². The highest BCUT2D eigenvalue weighted by Gasteiger charge is 2.35. The van der Waals surface area contributed by atoms with Gasteiger partial charge in [-0.05, 0) is 38.5 Å². The molecule has 2 rings (SSSR count). The highest BCUT2D eigenvalue weighted by Crippen LogP contribution is 2.28. The number of hydrogen-bond donors (Lipinski definition) is 2. The van der Waals surface area contributed by atoms with Crippen LogP contribution < -0.4 is 5.32 Å². The number of carboxylic acids is 1. The molecule has 1 fully saturated rings. The van der Waals surface area contributed by atoms with Gasteiger partial charge in [-0.3, -0.25) is 9.59 Å². The lowest BCUT2D eigenvalue weighted by Gasteiger charge is -2.29. The second-order valence-electron chi connectivity index (χ2n) is 6.54. The third-order valence-corrected chi connectivity index (χ3v) is 5.06. The molecule has 0 aromatic heterocycles. The van der Waals surface area contributed by atoms with Crippen LogP contribution in [0.25, 0.3) is 0 Å². The molecule has 21 heavy (non-hydrogen) atoms. The van der Waals surface area contributed by atoms with Gasteiger partial charge >= 0.3 is 5.97 Å². The van der Waals surface area contributed by atoms with Gasteiger partial charge in [0.2, 0.25) is 5.91 Å². The third kappa shape index (κ3) is 4.32. The zero-order chi connectivity index (χ0) is 15.2. The molecule has 0 saturated heterocycles. The van der Waals surface area contributed by atoms with Crippen LogP contribution in [0.15, 0.2) is 12.2 Å². The molecule has 0 aliphatic heterocycles. The van der Waals surface area contributed by atoms with E-state index in [1.807, 2.05) is 12.2 Å². The predicted molar refractivity (Wildman–Crippen MR) is 81.8 cm³/mol. The fraction of sp³-hybridized carbons (Fsp3) is 0.765. The molecular weight excluding hydrogens is 266 g/mol. The number of aliphatic carboxylic acids is 1. The summed E-state index contributed by atoms with van der Waals surface area (Å²) in [4.78, 5) is 23.7. The standard InChI is InChI=1S/C17H27NO3/c1-12(13-8-4-2-3-5-9-13)18-16(19)14-10-6-7-11-15(14)17(20)21/h6-7,12-15H,2-5,8-11H2,1H3,(H,18,19)(H,20,21)/t12-,14?,15?/m0/s1. The molecule has 2 aliphatic carbocycles. The Morgan fingerprint density at radius 1 is 1.05 bits per heavy atom. The quantitative estimate of drug-likeness (QED) is 0.618. The maximum absolute atomic E-state index is 12.4. The molecule has 0 aromatic rings. The van der Waals surface area contributed by atoms with E-state index in [0.717, 1.165) is 0 Å². The average Bonchev–Trinajstić information content (AvgIpc) is 2.76. The summed E-state index contributed by atoms with van der Waals surface area (Å²) >= 11 is 0. The summed E-state index contributed by atoms with van der Waals surface area (Å²) in [6, 6.07) is 0.149. The van der Waals surface area contributed by atoms with Crippen LogP contribution in [0.5, 0.6) is 0 Å². The van der Waals surface area contributed by atoms with Gasteiger partial charge in [-0.2, -0.15) is 0 Å². The van der Waals surface area contributed by atoms with E-state index in [2.05, 4.69) is 12.2 Å². The van der Waals surface area contributed by atoms with Crippen molar-refractivity contribution in [3.05, 3.63) is 12.2 Å². The Labute approximate surface area is 127 Å². The summed E-state index contributed by atoms with van der Waals surface area (Å²) in [6.07, 6.45) is 12.2. The molecule has 3 atom stereocenters. The van der Waals surface area contributed by atoms with Gasteiger partial charge in [0.05, 0.1) is 11.8 Å². The molecule has 2 aliphatic rings. The molecule has 118 valence electrons. The van der Waals surface area contributed by atoms with E-state index in [4.69, 9.17) is 0 Å². The molecule has 1 amide bonds. The van der Waals surface area contributed by atoms with Crippen LogP contribution in [-0.2, 0) is 9.59 Å². The minimum absolute atomic E-state index is 0.0801. The van der Waals surface area contributed by atoms with Crippen LogP contribution in [0, 0.1) is 17.8 Å². The molecule has 0 aromatic carbocycles. The number of amides is 1. The number of carbonyl (C=O) groups excluding carboxylic acids is 1. The molecule has 4 nitrogen and oxygen atoms in total. The average molecular weight is 293 g/mol. The fourth-order valence-electron chi connectivity index (χ4n) is 3.64. The van der Waals surface area contributed by atoms with Gasteiger partial charge in [0.1, 0.15) is 0 Å². The van der Waals surface area contributed by atoms with E-state index in [9.17, 15) is 14.7 Å². The maximum atomic E-state index is 12.4. The summed E-state index contributed by atoms with van der Waals surface area (Å²) in [5.74, 6) is -1.39. The number of allylic oxidation sites excluding steroid dienone is 2. The Bertz CT molecular complexity index is 397. The first-order valence-corrected chi connectivity index (χ1v) is 8.27. The number of carboxylic acid groups (broad SMARTS) is 1. The smallest absolute Gasteiger partial charge is 0.307 e. The van der Waals surface area contributed by atoms with Crippen molar-refractivity contribution in [2.45, 2.75) is 64.3 Å². The van der Waals surface area contributed by atoms with E-state index >= 15 is 0 Å². The zero-order valence-corrected chi connectivity index (χ0v) is 12.9. The summed E-state index contributed by atoms with van der Waals surface area (Å²) in [5, 5.41) is 12.4. The van der Waals surface area contributed by atoms with Crippen molar-refractivity contribution >= 4 is 11.9 Å². The van der Waals surface area contributed by atoms with E-state index in [1.54, 1.807) is 0 Å². The van der Waals surface area contributed by atoms with Crippen molar-refractivity contribution in [1.29, 1.82) is 0 Å². The van der Waals surface area contributed by atoms with Crippen molar-refractivity contribution in [2.75, 3.05) is 0 Å². The monoisotopic (exact) mass is 293 g/mol. The molecule has 2 unspecified atom stereocenters. The first kappa shape index (κ1) is 16.1. The first-order chi connectivity index (χ1) is 10.1. The Morgan fingerprint density at radius 2 is 1.62 bits per heavy atom. The second-order valence-corrected chi connectivity index (χ2v) is 6.54. The second kappa shape index (κ2) is 7.62. The number of nitrogens with one attached hydrogen (secondary N) is 1. The van der Waals surface area contributed by atoms with Gasteiger partial charge in [-0.25, -0.2) is 0 Å². The molecule has 4 heteroatoms. The largest absolute Gasteiger partial charge is 0.481 e. The van der Waals surface area contributed by atoms with Crippen LogP contribution in [0.1, 0.15) is 58.3 Å². The highest BCUT2D eigenvalue weighted by atomic mass is 16.4. The Hall–Kier alpha value is -1.32. The maximum Gasteiger partial charge on any atom is 0.307 e. The molecule has 0 radical (unpaired) electrons. The SMILES string of the molecule is C[C@H](NC(=O)C1CC=CCC1C(=O)O)C1CCCCCC1. The van der Waals surface area contributed by atoms with Gasteiger partial charge < -0.3 is 10.4 Å². The van der Waals surface area contributed by atoms with Gasteiger partial charge in [0.15, 0.2) is 0 Å². The van der Waals surface area contributed by atoms with Gasteiger partial charge in [-0.1, -0.05) is 37.8 Å². The molecule has 2 N–H and O–H groups in total. The molecular formula is C17H27NO3. The zero-order valence-electron chi connectivity index (χ0n) is 12.9. The van der Waals surface area contributed by atoms with Gasteiger partial charge in [0, 0.05) is 6.04 Å². The Morgan fingerprint density at radius 3 is 2.19 bits per heavy atom. The van der Waals surface area contributed by atoms with Gasteiger partial charge in [-0.15, -0.1) is 0 Å². The van der Waals surface area contributed by atoms with Crippen molar-refractivity contribution < 1.29 is 14.7 Å². The fourth-order valence-corrected chi connectivity index (χ4v) is 3.64. The lowest BCUT2D eigenvalue weighted by Crippen LogP contribution is -2.45. The molecule has 0 heterocycles. The van der Waals surface area contributed by atoms with Crippen molar-refractivity contribution in [2.24, 2.45) is 17.8 Å². The Balaban J connectivity index is 1.92. The lowest BCUT2D eigenvalue weighted by atomic mass is 9.82. The van der Waals surface area contributed by atoms with Crippen molar-refractivity contribution in [3.8, 4) is 0 Å². The van der Waals surface area contributed by atoms with Crippen LogP contribution in [0.2, 0.25) is 0 Å². The first-order valence-electron chi connectivity index (χ1n) is 8.27. The van der Waals surface area contributed by atoms with Crippen LogP contribution in [-0.4, -0.2) is 23.0 Å². The summed E-state index contributed by atoms with van der Waals surface area (Å²) in [5.41, 5.74) is 0. The predicted octanol–water partition coefficient (Wildman–Crippen LogP) is 3.13. The summed E-state index contributed by atoms with van der Waals surface area (Å²) in [6.45, 7) is 2.07. The molecule has 0 bridgehead atoms. The summed E-state index contributed by atoms with van der Waals surface area (Å²) in [7, 11) is 0. The van der Waals surface area contributed by atoms with E-state index in [1.165, 1.54) is 38.5 Å². The lowest BCUT2D eigenvalue weighted by molar-refractivity contribution is -0.147. The minimum Gasteiger partial charge on any atom is -0.481 e. The van der Waals surface area contributed by atoms with Crippen LogP contribution in [0.4, 0.5) is 0 Å². The normalized spacial score (nSPS) is 28.6. The van der Waals surface area contributed by atoms with Crippen LogP contribution >= 0.6 is 0 Å².